The monoisotopic (exact) mass is 384 g/mol. The van der Waals surface area contributed by atoms with E-state index in [1.54, 1.807) is 23.1 Å². The van der Waals surface area contributed by atoms with E-state index in [9.17, 15) is 14.0 Å². The topological polar surface area (TPSA) is 63.4 Å². The molecule has 0 saturated heterocycles. The van der Waals surface area contributed by atoms with Crippen molar-refractivity contribution in [1.29, 1.82) is 0 Å². The van der Waals surface area contributed by atoms with Crippen molar-refractivity contribution in [2.45, 2.75) is 25.8 Å². The van der Waals surface area contributed by atoms with Crippen LogP contribution in [0.2, 0.25) is 0 Å². The largest absolute Gasteiger partial charge is 0.356 e. The van der Waals surface area contributed by atoms with Crippen molar-refractivity contribution >= 4 is 23.0 Å². The molecular formula is C20H17FN2O3S. The Hall–Kier alpha value is -2.80. The van der Waals surface area contributed by atoms with Gasteiger partial charge in [-0.1, -0.05) is 11.2 Å². The van der Waals surface area contributed by atoms with Crippen molar-refractivity contribution in [3.05, 3.63) is 63.7 Å². The molecule has 1 aliphatic rings. The van der Waals surface area contributed by atoms with Crippen LogP contribution >= 0.6 is 11.3 Å². The Kier molecular flexibility index (Phi) is 4.85. The molecule has 4 rings (SSSR count). The van der Waals surface area contributed by atoms with E-state index in [2.05, 4.69) is 5.16 Å². The molecule has 1 aromatic carbocycles. The van der Waals surface area contributed by atoms with Gasteiger partial charge in [-0.2, -0.15) is 0 Å². The zero-order valence-electron chi connectivity index (χ0n) is 14.5. The molecule has 0 fully saturated rings. The van der Waals surface area contributed by atoms with E-state index in [1.807, 2.05) is 11.4 Å². The fourth-order valence-electron chi connectivity index (χ4n) is 3.21. The number of hydrogen-bond donors (Lipinski definition) is 0. The summed E-state index contributed by atoms with van der Waals surface area (Å²) >= 11 is 1.39. The van der Waals surface area contributed by atoms with Crippen LogP contribution in [-0.2, 0) is 17.8 Å². The van der Waals surface area contributed by atoms with Crippen LogP contribution in [0, 0.1) is 5.82 Å². The number of halogens is 1. The van der Waals surface area contributed by atoms with Crippen LogP contribution in [0.25, 0.3) is 11.3 Å². The van der Waals surface area contributed by atoms with Gasteiger partial charge in [-0.05, 0) is 42.1 Å². The number of aromatic nitrogens is 1. The van der Waals surface area contributed by atoms with Gasteiger partial charge >= 0.3 is 0 Å². The van der Waals surface area contributed by atoms with Crippen LogP contribution in [0.15, 0.2) is 46.3 Å². The standard InChI is InChI=1S/C20H17FN2O3S/c21-14-5-3-13(4-6-14)20-15-9-10-23(12-16(15)22-26-20)19(25)8-7-17(24)18-2-1-11-27-18/h1-6,11H,7-10,12H2. The van der Waals surface area contributed by atoms with Crippen molar-refractivity contribution in [3.8, 4) is 11.3 Å². The second kappa shape index (κ2) is 7.44. The van der Waals surface area contributed by atoms with Gasteiger partial charge in [-0.3, -0.25) is 9.59 Å². The van der Waals surface area contributed by atoms with Gasteiger partial charge in [0.15, 0.2) is 11.5 Å². The van der Waals surface area contributed by atoms with Gasteiger partial charge < -0.3 is 9.42 Å². The van der Waals surface area contributed by atoms with Crippen molar-refractivity contribution in [2.75, 3.05) is 6.54 Å². The number of hydrogen-bond acceptors (Lipinski definition) is 5. The first kappa shape index (κ1) is 17.6. The predicted molar refractivity (Wildman–Crippen MR) is 98.9 cm³/mol. The fraction of sp³-hybridized carbons (Fsp3) is 0.250. The number of rotatable bonds is 5. The number of carbonyl (C=O) groups is 2. The molecule has 0 radical (unpaired) electrons. The first-order chi connectivity index (χ1) is 13.1. The summed E-state index contributed by atoms with van der Waals surface area (Å²) < 4.78 is 18.6. The molecule has 0 bridgehead atoms. The lowest BCUT2D eigenvalue weighted by Gasteiger charge is -2.26. The summed E-state index contributed by atoms with van der Waals surface area (Å²) in [5.41, 5.74) is 2.45. The third-order valence-corrected chi connectivity index (χ3v) is 5.57. The van der Waals surface area contributed by atoms with Crippen LogP contribution in [-0.4, -0.2) is 28.3 Å². The highest BCUT2D eigenvalue weighted by Gasteiger charge is 2.27. The molecule has 3 aromatic rings. The minimum Gasteiger partial charge on any atom is -0.356 e. The van der Waals surface area contributed by atoms with Crippen molar-refractivity contribution in [2.24, 2.45) is 0 Å². The Bertz CT molecular complexity index is 964. The highest BCUT2D eigenvalue weighted by molar-refractivity contribution is 7.12. The smallest absolute Gasteiger partial charge is 0.223 e. The maximum atomic E-state index is 13.1. The van der Waals surface area contributed by atoms with E-state index in [0.717, 1.165) is 16.8 Å². The molecule has 0 atom stereocenters. The lowest BCUT2D eigenvalue weighted by atomic mass is 10.00. The summed E-state index contributed by atoms with van der Waals surface area (Å²) in [4.78, 5) is 26.9. The van der Waals surface area contributed by atoms with Gasteiger partial charge in [0.2, 0.25) is 5.91 Å². The second-order valence-corrected chi connectivity index (χ2v) is 7.36. The Morgan fingerprint density at radius 1 is 1.19 bits per heavy atom. The average molecular weight is 384 g/mol. The van der Waals surface area contributed by atoms with Crippen LogP contribution in [0.1, 0.15) is 33.8 Å². The Morgan fingerprint density at radius 3 is 2.74 bits per heavy atom. The lowest BCUT2D eigenvalue weighted by Crippen LogP contribution is -2.36. The first-order valence-corrected chi connectivity index (χ1v) is 9.57. The molecule has 0 spiro atoms. The van der Waals surface area contributed by atoms with Crippen LogP contribution in [0.3, 0.4) is 0 Å². The summed E-state index contributed by atoms with van der Waals surface area (Å²) in [6.07, 6.45) is 1.02. The molecule has 27 heavy (non-hydrogen) atoms. The highest BCUT2D eigenvalue weighted by Crippen LogP contribution is 2.30. The van der Waals surface area contributed by atoms with E-state index < -0.39 is 0 Å². The summed E-state index contributed by atoms with van der Waals surface area (Å²) in [5, 5.41) is 5.95. The molecule has 0 aliphatic carbocycles. The normalized spacial score (nSPS) is 13.4. The van der Waals surface area contributed by atoms with Crippen LogP contribution in [0.4, 0.5) is 4.39 Å². The molecule has 0 saturated carbocycles. The third kappa shape index (κ3) is 3.68. The number of carbonyl (C=O) groups excluding carboxylic acids is 2. The number of fused-ring (bicyclic) bond motifs is 1. The molecular weight excluding hydrogens is 367 g/mol. The fourth-order valence-corrected chi connectivity index (χ4v) is 3.91. The van der Waals surface area contributed by atoms with E-state index in [-0.39, 0.29) is 30.3 Å². The number of thiophene rings is 1. The summed E-state index contributed by atoms with van der Waals surface area (Å²) in [6.45, 7) is 0.917. The van der Waals surface area contributed by atoms with Crippen LogP contribution in [0.5, 0.6) is 0 Å². The molecule has 138 valence electrons. The van der Waals surface area contributed by atoms with Gasteiger partial charge in [0, 0.05) is 30.5 Å². The zero-order chi connectivity index (χ0) is 18.8. The quantitative estimate of drug-likeness (QED) is 0.622. The minimum absolute atomic E-state index is 0.00363. The number of amides is 1. The number of ketones is 1. The van der Waals surface area contributed by atoms with Crippen molar-refractivity contribution in [3.63, 3.8) is 0 Å². The number of Topliss-reactive ketones (excluding diaryl/α,β-unsaturated/α-hetero) is 1. The SMILES string of the molecule is O=C(CCC(=O)N1CCc2c(noc2-c2ccc(F)cc2)C1)c1cccs1. The molecule has 3 heterocycles. The molecule has 0 unspecified atom stereocenters. The van der Waals surface area contributed by atoms with Crippen molar-refractivity contribution in [1.82, 2.24) is 10.1 Å². The molecule has 1 amide bonds. The predicted octanol–water partition coefficient (Wildman–Crippen LogP) is 4.09. The molecule has 2 aromatic heterocycles. The minimum atomic E-state index is -0.305. The lowest BCUT2D eigenvalue weighted by molar-refractivity contribution is -0.132. The zero-order valence-corrected chi connectivity index (χ0v) is 15.3. The maximum Gasteiger partial charge on any atom is 0.223 e. The second-order valence-electron chi connectivity index (χ2n) is 6.41. The Balaban J connectivity index is 1.40. The van der Waals surface area contributed by atoms with Gasteiger partial charge in [0.1, 0.15) is 11.5 Å². The summed E-state index contributed by atoms with van der Waals surface area (Å²) in [6, 6.07) is 9.68. The summed E-state index contributed by atoms with van der Waals surface area (Å²) in [7, 11) is 0. The Morgan fingerprint density at radius 2 is 2.00 bits per heavy atom. The van der Waals surface area contributed by atoms with Gasteiger partial charge in [0.25, 0.3) is 0 Å². The molecule has 0 N–H and O–H groups in total. The molecule has 7 heteroatoms. The number of nitrogens with zero attached hydrogens (tertiary/aromatic N) is 2. The van der Waals surface area contributed by atoms with E-state index in [0.29, 0.717) is 30.1 Å². The van der Waals surface area contributed by atoms with Crippen molar-refractivity contribution < 1.29 is 18.5 Å². The third-order valence-electron chi connectivity index (χ3n) is 4.66. The van der Waals surface area contributed by atoms with Gasteiger partial charge in [-0.15, -0.1) is 11.3 Å². The summed E-state index contributed by atoms with van der Waals surface area (Å²) in [5.74, 6) is 0.263. The molecule has 5 nitrogen and oxygen atoms in total. The van der Waals surface area contributed by atoms with E-state index in [1.165, 1.54) is 23.5 Å². The van der Waals surface area contributed by atoms with Gasteiger partial charge in [-0.25, -0.2) is 4.39 Å². The highest BCUT2D eigenvalue weighted by atomic mass is 32.1. The average Bonchev–Trinajstić information content (AvgIpc) is 3.36. The molecule has 1 aliphatic heterocycles. The van der Waals surface area contributed by atoms with E-state index in [4.69, 9.17) is 4.52 Å². The number of benzene rings is 1. The van der Waals surface area contributed by atoms with Crippen LogP contribution < -0.4 is 0 Å². The first-order valence-electron chi connectivity index (χ1n) is 8.69. The Labute approximate surface area is 159 Å². The van der Waals surface area contributed by atoms with Gasteiger partial charge in [0.05, 0.1) is 11.4 Å². The maximum absolute atomic E-state index is 13.1. The van der Waals surface area contributed by atoms with E-state index >= 15 is 0 Å².